The Morgan fingerprint density at radius 2 is 2.00 bits per heavy atom. The molecule has 1 aromatic heterocycles. The van der Waals surface area contributed by atoms with Crippen molar-refractivity contribution in [2.24, 2.45) is 0 Å². The summed E-state index contributed by atoms with van der Waals surface area (Å²) in [6.07, 6.45) is 0. The summed E-state index contributed by atoms with van der Waals surface area (Å²) in [5, 5.41) is 9.02. The second kappa shape index (κ2) is 4.70. The van der Waals surface area contributed by atoms with Crippen molar-refractivity contribution in [1.29, 1.82) is 0 Å². The minimum Gasteiger partial charge on any atom is -0.474 e. The van der Waals surface area contributed by atoms with Crippen LogP contribution in [-0.4, -0.2) is 30.5 Å². The molecule has 0 aliphatic carbocycles. The smallest absolute Gasteiger partial charge is 0.234 e. The van der Waals surface area contributed by atoms with E-state index in [2.05, 4.69) is 10.2 Å². The second-order valence-electron chi connectivity index (χ2n) is 3.08. The first-order valence-electron chi connectivity index (χ1n) is 4.74. The molecule has 0 saturated carbocycles. The van der Waals surface area contributed by atoms with Crippen LogP contribution >= 0.6 is 0 Å². The molecule has 4 heteroatoms. The first-order valence-corrected chi connectivity index (χ1v) is 4.74. The molecule has 0 aliphatic heterocycles. The van der Waals surface area contributed by atoms with Crippen LogP contribution in [-0.2, 0) is 4.74 Å². The van der Waals surface area contributed by atoms with E-state index in [4.69, 9.17) is 9.47 Å². The number of fused-ring (bicyclic) bond motifs is 1. The maximum atomic E-state index is 5.36. The van der Waals surface area contributed by atoms with Crippen molar-refractivity contribution in [3.63, 3.8) is 0 Å². The summed E-state index contributed by atoms with van der Waals surface area (Å²) >= 11 is 0. The van der Waals surface area contributed by atoms with Crippen LogP contribution in [0.3, 0.4) is 0 Å². The molecule has 0 amide bonds. The van der Waals surface area contributed by atoms with Crippen molar-refractivity contribution in [2.75, 3.05) is 20.3 Å². The highest BCUT2D eigenvalue weighted by Crippen LogP contribution is 2.14. The van der Waals surface area contributed by atoms with E-state index >= 15 is 0 Å². The number of hydrogen-bond donors (Lipinski definition) is 0. The third kappa shape index (κ3) is 2.41. The maximum Gasteiger partial charge on any atom is 0.234 e. The Bertz CT molecular complexity index is 445. The first kappa shape index (κ1) is 9.86. The van der Waals surface area contributed by atoms with E-state index in [0.717, 1.165) is 10.9 Å². The van der Waals surface area contributed by atoms with Gasteiger partial charge in [0, 0.05) is 18.6 Å². The van der Waals surface area contributed by atoms with Crippen LogP contribution in [0, 0.1) is 0 Å². The minimum atomic E-state index is 0.490. The predicted molar refractivity (Wildman–Crippen MR) is 56.9 cm³/mol. The van der Waals surface area contributed by atoms with Crippen molar-refractivity contribution in [1.82, 2.24) is 10.2 Å². The molecular weight excluding hydrogens is 192 g/mol. The molecule has 2 aromatic rings. The van der Waals surface area contributed by atoms with E-state index in [9.17, 15) is 0 Å². The number of hydrogen-bond acceptors (Lipinski definition) is 4. The predicted octanol–water partition coefficient (Wildman–Crippen LogP) is 1.66. The SMILES string of the molecule is COCCOc1cc2ccccc2nn1. The lowest BCUT2D eigenvalue weighted by atomic mass is 10.2. The zero-order valence-corrected chi connectivity index (χ0v) is 8.51. The number of nitrogens with zero attached hydrogens (tertiary/aromatic N) is 2. The molecule has 0 fully saturated rings. The molecule has 0 spiro atoms. The van der Waals surface area contributed by atoms with E-state index in [-0.39, 0.29) is 0 Å². The number of methoxy groups -OCH3 is 1. The van der Waals surface area contributed by atoms with Gasteiger partial charge in [-0.3, -0.25) is 0 Å². The Morgan fingerprint density at radius 3 is 2.87 bits per heavy atom. The number of rotatable bonds is 4. The lowest BCUT2D eigenvalue weighted by Gasteiger charge is -2.04. The summed E-state index contributed by atoms with van der Waals surface area (Å²) in [5.74, 6) is 0.533. The molecule has 0 bridgehead atoms. The van der Waals surface area contributed by atoms with Crippen molar-refractivity contribution < 1.29 is 9.47 Å². The Morgan fingerprint density at radius 1 is 1.13 bits per heavy atom. The molecule has 4 nitrogen and oxygen atoms in total. The van der Waals surface area contributed by atoms with Gasteiger partial charge in [-0.2, -0.15) is 0 Å². The quantitative estimate of drug-likeness (QED) is 0.710. The van der Waals surface area contributed by atoms with Crippen LogP contribution in [0.25, 0.3) is 10.9 Å². The molecular formula is C11H12N2O2. The molecule has 0 atom stereocenters. The average Bonchev–Trinajstić information content (AvgIpc) is 2.29. The highest BCUT2D eigenvalue weighted by Gasteiger charge is 1.99. The molecule has 0 radical (unpaired) electrons. The van der Waals surface area contributed by atoms with Gasteiger partial charge in [-0.05, 0) is 6.07 Å². The largest absolute Gasteiger partial charge is 0.474 e. The summed E-state index contributed by atoms with van der Waals surface area (Å²) in [6.45, 7) is 1.04. The third-order valence-electron chi connectivity index (χ3n) is 2.01. The third-order valence-corrected chi connectivity index (χ3v) is 2.01. The molecule has 0 aliphatic rings. The van der Waals surface area contributed by atoms with Gasteiger partial charge in [-0.1, -0.05) is 18.2 Å². The van der Waals surface area contributed by atoms with Crippen molar-refractivity contribution in [2.45, 2.75) is 0 Å². The molecule has 1 heterocycles. The van der Waals surface area contributed by atoms with Crippen LogP contribution < -0.4 is 4.74 Å². The van der Waals surface area contributed by atoms with E-state index in [0.29, 0.717) is 19.1 Å². The van der Waals surface area contributed by atoms with Gasteiger partial charge in [-0.15, -0.1) is 10.2 Å². The lowest BCUT2D eigenvalue weighted by molar-refractivity contribution is 0.143. The summed E-state index contributed by atoms with van der Waals surface area (Å²) in [4.78, 5) is 0. The van der Waals surface area contributed by atoms with Gasteiger partial charge in [-0.25, -0.2) is 0 Å². The van der Waals surface area contributed by atoms with Gasteiger partial charge in [0.2, 0.25) is 5.88 Å². The zero-order valence-electron chi connectivity index (χ0n) is 8.51. The molecule has 0 unspecified atom stereocenters. The van der Waals surface area contributed by atoms with Gasteiger partial charge < -0.3 is 9.47 Å². The van der Waals surface area contributed by atoms with E-state index < -0.39 is 0 Å². The van der Waals surface area contributed by atoms with Gasteiger partial charge in [0.15, 0.2) is 0 Å². The van der Waals surface area contributed by atoms with E-state index in [1.807, 2.05) is 30.3 Å². The summed E-state index contributed by atoms with van der Waals surface area (Å²) in [6, 6.07) is 9.66. The zero-order chi connectivity index (χ0) is 10.5. The lowest BCUT2D eigenvalue weighted by Crippen LogP contribution is -2.05. The standard InChI is InChI=1S/C11H12N2O2/c1-14-6-7-15-11-8-9-4-2-3-5-10(9)12-13-11/h2-5,8H,6-7H2,1H3. The van der Waals surface area contributed by atoms with Gasteiger partial charge in [0.25, 0.3) is 0 Å². The van der Waals surface area contributed by atoms with E-state index in [1.54, 1.807) is 7.11 Å². The fourth-order valence-electron chi connectivity index (χ4n) is 1.27. The van der Waals surface area contributed by atoms with Crippen molar-refractivity contribution in [3.05, 3.63) is 30.3 Å². The summed E-state index contributed by atoms with van der Waals surface area (Å²) < 4.78 is 10.2. The Hall–Kier alpha value is -1.68. The van der Waals surface area contributed by atoms with Crippen LogP contribution in [0.5, 0.6) is 5.88 Å². The molecule has 0 saturated heterocycles. The summed E-state index contributed by atoms with van der Waals surface area (Å²) in [7, 11) is 1.63. The first-order chi connectivity index (χ1) is 7.40. The molecule has 15 heavy (non-hydrogen) atoms. The van der Waals surface area contributed by atoms with Crippen molar-refractivity contribution in [3.8, 4) is 5.88 Å². The highest BCUT2D eigenvalue weighted by atomic mass is 16.5. The van der Waals surface area contributed by atoms with Crippen LogP contribution in [0.2, 0.25) is 0 Å². The second-order valence-corrected chi connectivity index (χ2v) is 3.08. The molecule has 0 N–H and O–H groups in total. The number of aromatic nitrogens is 2. The van der Waals surface area contributed by atoms with Gasteiger partial charge >= 0.3 is 0 Å². The maximum absolute atomic E-state index is 5.36. The molecule has 2 rings (SSSR count). The fourth-order valence-corrected chi connectivity index (χ4v) is 1.27. The Kier molecular flexibility index (Phi) is 3.09. The monoisotopic (exact) mass is 204 g/mol. The number of ether oxygens (including phenoxy) is 2. The summed E-state index contributed by atoms with van der Waals surface area (Å²) in [5.41, 5.74) is 0.872. The van der Waals surface area contributed by atoms with Crippen molar-refractivity contribution >= 4 is 10.9 Å². The molecule has 78 valence electrons. The van der Waals surface area contributed by atoms with Gasteiger partial charge in [0.05, 0.1) is 12.1 Å². The van der Waals surface area contributed by atoms with E-state index in [1.165, 1.54) is 0 Å². The average molecular weight is 204 g/mol. The number of benzene rings is 1. The molecule has 1 aromatic carbocycles. The van der Waals surface area contributed by atoms with Gasteiger partial charge in [0.1, 0.15) is 6.61 Å². The topological polar surface area (TPSA) is 44.2 Å². The Balaban J connectivity index is 2.16. The fraction of sp³-hybridized carbons (Fsp3) is 0.273. The van der Waals surface area contributed by atoms with Crippen LogP contribution in [0.4, 0.5) is 0 Å². The highest BCUT2D eigenvalue weighted by molar-refractivity contribution is 5.78. The Labute approximate surface area is 87.8 Å². The minimum absolute atomic E-state index is 0.490. The van der Waals surface area contributed by atoms with Crippen LogP contribution in [0.1, 0.15) is 0 Å². The van der Waals surface area contributed by atoms with Crippen LogP contribution in [0.15, 0.2) is 30.3 Å². The normalized spacial score (nSPS) is 10.5.